The molecule has 2 aromatic carbocycles. The molecule has 3 aliphatic rings. The van der Waals surface area contributed by atoms with Crippen molar-refractivity contribution in [3.8, 4) is 5.75 Å². The Morgan fingerprint density at radius 1 is 1.06 bits per heavy atom. The number of piperazine rings is 1. The number of carbonyl (C=O) groups is 2. The average Bonchev–Trinajstić information content (AvgIpc) is 3.14. The highest BCUT2D eigenvalue weighted by Crippen LogP contribution is 2.41. The summed E-state index contributed by atoms with van der Waals surface area (Å²) in [4.78, 5) is 31.9. The fourth-order valence-electron chi connectivity index (χ4n) is 5.36. The first kappa shape index (κ1) is 24.1. The van der Waals surface area contributed by atoms with Gasteiger partial charge in [0.25, 0.3) is 5.91 Å². The molecule has 0 bridgehead atoms. The van der Waals surface area contributed by atoms with Gasteiger partial charge in [-0.3, -0.25) is 24.3 Å². The molecule has 0 saturated carbocycles. The molecule has 3 fully saturated rings. The van der Waals surface area contributed by atoms with E-state index in [0.717, 1.165) is 5.56 Å². The van der Waals surface area contributed by atoms with E-state index in [1.807, 2.05) is 4.90 Å². The van der Waals surface area contributed by atoms with Gasteiger partial charge >= 0.3 is 6.36 Å². The number of ether oxygens (including phenoxy) is 1. The number of hydrogen-bond acceptors (Lipinski definition) is 6. The van der Waals surface area contributed by atoms with E-state index in [9.17, 15) is 27.9 Å². The molecule has 3 heterocycles. The zero-order valence-corrected chi connectivity index (χ0v) is 19.3. The van der Waals surface area contributed by atoms with Gasteiger partial charge in [0.05, 0.1) is 18.7 Å². The third-order valence-corrected chi connectivity index (χ3v) is 7.00. The zero-order chi connectivity index (χ0) is 25.0. The summed E-state index contributed by atoms with van der Waals surface area (Å²) in [6.07, 6.45) is -5.25. The van der Waals surface area contributed by atoms with Crippen molar-refractivity contribution in [2.45, 2.75) is 43.6 Å². The van der Waals surface area contributed by atoms with Crippen LogP contribution < -0.4 is 4.74 Å². The van der Waals surface area contributed by atoms with Crippen LogP contribution in [0.25, 0.3) is 0 Å². The molecule has 2 aromatic rings. The van der Waals surface area contributed by atoms with Crippen molar-refractivity contribution in [3.63, 3.8) is 0 Å². The molecule has 5 rings (SSSR count). The van der Waals surface area contributed by atoms with Gasteiger partial charge in [-0.25, -0.2) is 0 Å². The lowest BCUT2D eigenvalue weighted by molar-refractivity contribution is -0.274. The summed E-state index contributed by atoms with van der Waals surface area (Å²) in [5.74, 6) is -0.981. The van der Waals surface area contributed by atoms with E-state index in [4.69, 9.17) is 11.6 Å². The number of nitrogens with zero attached hydrogens (tertiary/aromatic N) is 3. The number of imide groups is 1. The maximum atomic E-state index is 13.7. The Bertz CT molecular complexity index is 1150. The largest absolute Gasteiger partial charge is 0.573 e. The number of aliphatic hydroxyl groups excluding tert-OH is 1. The third kappa shape index (κ3) is 4.63. The van der Waals surface area contributed by atoms with E-state index < -0.39 is 24.0 Å². The van der Waals surface area contributed by atoms with Crippen molar-refractivity contribution in [2.75, 3.05) is 19.6 Å². The minimum atomic E-state index is -4.78. The van der Waals surface area contributed by atoms with Crippen LogP contribution in [0.5, 0.6) is 5.75 Å². The van der Waals surface area contributed by atoms with E-state index in [1.165, 1.54) is 23.1 Å². The SMILES string of the molecule is O=C1[C@@H]2C[C@@H](O)CN2C2(CN(Cc3cccc(OC(F)(F)F)c3)C2)C(=O)N1Cc1cccc(Cl)c1. The number of amides is 2. The number of alkyl halides is 3. The van der Waals surface area contributed by atoms with Gasteiger partial charge in [0.15, 0.2) is 0 Å². The molecule has 1 spiro atoms. The van der Waals surface area contributed by atoms with Crippen molar-refractivity contribution in [1.29, 1.82) is 0 Å². The van der Waals surface area contributed by atoms with Gasteiger partial charge in [-0.15, -0.1) is 13.2 Å². The normalized spacial score (nSPS) is 24.5. The molecule has 0 unspecified atom stereocenters. The molecular formula is C24H23ClF3N3O4. The van der Waals surface area contributed by atoms with Crippen molar-refractivity contribution >= 4 is 23.4 Å². The molecule has 35 heavy (non-hydrogen) atoms. The minimum Gasteiger partial charge on any atom is -0.406 e. The predicted octanol–water partition coefficient (Wildman–Crippen LogP) is 2.80. The number of carbonyl (C=O) groups excluding carboxylic acids is 2. The highest BCUT2D eigenvalue weighted by molar-refractivity contribution is 6.30. The van der Waals surface area contributed by atoms with Crippen LogP contribution in [0.2, 0.25) is 5.02 Å². The lowest BCUT2D eigenvalue weighted by Gasteiger charge is -2.58. The molecule has 2 amide bonds. The van der Waals surface area contributed by atoms with Gasteiger partial charge in [-0.05, 0) is 41.8 Å². The first-order valence-electron chi connectivity index (χ1n) is 11.2. The lowest BCUT2D eigenvalue weighted by Crippen LogP contribution is -2.81. The topological polar surface area (TPSA) is 73.3 Å². The van der Waals surface area contributed by atoms with Crippen LogP contribution in [0.1, 0.15) is 17.5 Å². The summed E-state index contributed by atoms with van der Waals surface area (Å²) in [5.41, 5.74) is 0.350. The molecule has 0 aromatic heterocycles. The molecule has 11 heteroatoms. The van der Waals surface area contributed by atoms with Gasteiger partial charge in [0.1, 0.15) is 11.3 Å². The molecule has 2 atom stereocenters. The van der Waals surface area contributed by atoms with Gasteiger partial charge < -0.3 is 9.84 Å². The Balaban J connectivity index is 1.34. The summed E-state index contributed by atoms with van der Waals surface area (Å²) in [6.45, 7) is 1.19. The molecule has 3 aliphatic heterocycles. The summed E-state index contributed by atoms with van der Waals surface area (Å²) in [7, 11) is 0. The maximum Gasteiger partial charge on any atom is 0.573 e. The van der Waals surface area contributed by atoms with Crippen molar-refractivity contribution in [2.24, 2.45) is 0 Å². The fourth-order valence-corrected chi connectivity index (χ4v) is 5.58. The fraction of sp³-hybridized carbons (Fsp3) is 0.417. The Morgan fingerprint density at radius 2 is 1.74 bits per heavy atom. The monoisotopic (exact) mass is 509 g/mol. The molecule has 186 valence electrons. The number of fused-ring (bicyclic) bond motifs is 2. The van der Waals surface area contributed by atoms with Crippen LogP contribution >= 0.6 is 11.6 Å². The van der Waals surface area contributed by atoms with Crippen LogP contribution in [0, 0.1) is 0 Å². The molecule has 0 aliphatic carbocycles. The Hall–Kier alpha value is -2.66. The van der Waals surface area contributed by atoms with Crippen molar-refractivity contribution < 1.29 is 32.6 Å². The van der Waals surface area contributed by atoms with Gasteiger partial charge in [-0.2, -0.15) is 0 Å². The van der Waals surface area contributed by atoms with Crippen LogP contribution in [0.15, 0.2) is 48.5 Å². The van der Waals surface area contributed by atoms with E-state index >= 15 is 0 Å². The summed E-state index contributed by atoms with van der Waals surface area (Å²) < 4.78 is 41.7. The smallest absolute Gasteiger partial charge is 0.406 e. The zero-order valence-electron chi connectivity index (χ0n) is 18.5. The Labute approximate surface area is 204 Å². The number of halogens is 4. The average molecular weight is 510 g/mol. The van der Waals surface area contributed by atoms with Crippen LogP contribution in [0.3, 0.4) is 0 Å². The van der Waals surface area contributed by atoms with E-state index in [-0.39, 0.29) is 37.1 Å². The van der Waals surface area contributed by atoms with Crippen LogP contribution in [0.4, 0.5) is 13.2 Å². The van der Waals surface area contributed by atoms with Gasteiger partial charge in [-0.1, -0.05) is 35.9 Å². The first-order chi connectivity index (χ1) is 16.5. The van der Waals surface area contributed by atoms with Crippen molar-refractivity contribution in [1.82, 2.24) is 14.7 Å². The Kier molecular flexibility index (Phi) is 6.03. The highest BCUT2D eigenvalue weighted by Gasteiger charge is 2.64. The van der Waals surface area contributed by atoms with Crippen molar-refractivity contribution in [3.05, 3.63) is 64.7 Å². The number of hydrogen-bond donors (Lipinski definition) is 1. The van der Waals surface area contributed by atoms with Crippen LogP contribution in [-0.4, -0.2) is 75.3 Å². The third-order valence-electron chi connectivity index (χ3n) is 6.76. The second kappa shape index (κ2) is 8.77. The first-order valence-corrected chi connectivity index (χ1v) is 11.5. The Morgan fingerprint density at radius 3 is 2.43 bits per heavy atom. The number of β-amino-alcohol motifs (C(OH)–C–C–N with tert-alkyl or cyclic N) is 1. The lowest BCUT2D eigenvalue weighted by atomic mass is 9.82. The molecule has 0 radical (unpaired) electrons. The van der Waals surface area contributed by atoms with Crippen LogP contribution in [-0.2, 0) is 22.7 Å². The standard InChI is InChI=1S/C24H23ClF3N3O4/c25-17-5-1-3-15(7-17)11-30-21(33)20-9-18(32)12-31(20)23(22(30)34)13-29(14-23)10-16-4-2-6-19(8-16)35-24(26,27)28/h1-8,18,20,32H,9-14H2/t18-,20+/m1/s1. The summed E-state index contributed by atoms with van der Waals surface area (Å²) in [5, 5.41) is 10.8. The highest BCUT2D eigenvalue weighted by atomic mass is 35.5. The van der Waals surface area contributed by atoms with E-state index in [1.54, 1.807) is 35.2 Å². The van der Waals surface area contributed by atoms with E-state index in [2.05, 4.69) is 4.74 Å². The summed E-state index contributed by atoms with van der Waals surface area (Å²) in [6, 6.07) is 12.1. The second-order valence-electron chi connectivity index (χ2n) is 9.29. The van der Waals surface area contributed by atoms with Gasteiger partial charge in [0, 0.05) is 31.2 Å². The number of aliphatic hydroxyl groups is 1. The number of benzene rings is 2. The number of likely N-dealkylation sites (tertiary alicyclic amines) is 1. The molecule has 7 nitrogen and oxygen atoms in total. The molecule has 3 saturated heterocycles. The van der Waals surface area contributed by atoms with Gasteiger partial charge in [0.2, 0.25) is 5.91 Å². The predicted molar refractivity (Wildman–Crippen MR) is 119 cm³/mol. The molecule has 1 N–H and O–H groups in total. The number of rotatable bonds is 5. The minimum absolute atomic E-state index is 0.0806. The summed E-state index contributed by atoms with van der Waals surface area (Å²) >= 11 is 6.07. The second-order valence-corrected chi connectivity index (χ2v) is 9.73. The van der Waals surface area contributed by atoms with E-state index in [0.29, 0.717) is 30.2 Å². The molecular weight excluding hydrogens is 487 g/mol. The maximum absolute atomic E-state index is 13.7. The quantitative estimate of drug-likeness (QED) is 0.625.